The van der Waals surface area contributed by atoms with Crippen molar-refractivity contribution in [3.05, 3.63) is 75.4 Å². The summed E-state index contributed by atoms with van der Waals surface area (Å²) in [5, 5.41) is 2.83. The van der Waals surface area contributed by atoms with Gasteiger partial charge in [0.1, 0.15) is 22.9 Å². The van der Waals surface area contributed by atoms with Gasteiger partial charge >= 0.3 is 0 Å². The molecule has 0 fully saturated rings. The van der Waals surface area contributed by atoms with E-state index in [4.69, 9.17) is 9.47 Å². The lowest BCUT2D eigenvalue weighted by atomic mass is 10.1. The van der Waals surface area contributed by atoms with Crippen LogP contribution in [0, 0.1) is 19.7 Å². The van der Waals surface area contributed by atoms with Gasteiger partial charge in [-0.25, -0.2) is 9.37 Å². The first-order valence-corrected chi connectivity index (χ1v) is 9.55. The van der Waals surface area contributed by atoms with E-state index in [1.165, 1.54) is 24.4 Å². The lowest BCUT2D eigenvalue weighted by Gasteiger charge is -2.14. The second-order valence-electron chi connectivity index (χ2n) is 6.26. The number of carbonyl (C=O) groups excluding carboxylic acids is 1. The molecule has 0 radical (unpaired) electrons. The molecule has 0 bridgehead atoms. The minimum absolute atomic E-state index is 0.114. The summed E-state index contributed by atoms with van der Waals surface area (Å²) < 4.78 is 24.8. The molecule has 0 unspecified atom stereocenters. The number of amides is 1. The number of nitrogens with zero attached hydrogens (tertiary/aromatic N) is 2. The third kappa shape index (κ3) is 4.71. The molecule has 29 heavy (non-hydrogen) atoms. The minimum atomic E-state index is -0.403. The van der Waals surface area contributed by atoms with Crippen molar-refractivity contribution in [2.45, 2.75) is 20.4 Å². The molecule has 150 valence electrons. The van der Waals surface area contributed by atoms with E-state index in [0.29, 0.717) is 15.9 Å². The Labute approximate surface area is 176 Å². The summed E-state index contributed by atoms with van der Waals surface area (Å²) in [5.41, 5.74) is 2.74. The smallest absolute Gasteiger partial charge is 0.257 e. The number of benzene rings is 1. The average Bonchev–Trinajstić information content (AvgIpc) is 2.70. The van der Waals surface area contributed by atoms with Crippen LogP contribution in [0.1, 0.15) is 27.2 Å². The maximum Gasteiger partial charge on any atom is 0.257 e. The van der Waals surface area contributed by atoms with Gasteiger partial charge in [-0.05, 0) is 60.1 Å². The topological polar surface area (TPSA) is 73.3 Å². The highest BCUT2D eigenvalue weighted by Gasteiger charge is 2.17. The molecule has 3 aromatic rings. The van der Waals surface area contributed by atoms with Gasteiger partial charge in [0.25, 0.3) is 5.91 Å². The average molecular weight is 460 g/mol. The largest absolute Gasteiger partial charge is 0.496 e. The number of hydrogen-bond donors (Lipinski definition) is 1. The SMILES string of the molecule is COc1c(C)cnc(CNC(=O)c2cccnc2Oc2ccc(F)cc2Br)c1C. The number of aromatic nitrogens is 2. The first-order chi connectivity index (χ1) is 13.9. The third-order valence-corrected chi connectivity index (χ3v) is 4.90. The Morgan fingerprint density at radius 3 is 2.76 bits per heavy atom. The Hall–Kier alpha value is -3.00. The zero-order valence-electron chi connectivity index (χ0n) is 16.1. The zero-order chi connectivity index (χ0) is 21.0. The van der Waals surface area contributed by atoms with Gasteiger partial charge < -0.3 is 14.8 Å². The molecule has 0 aliphatic heterocycles. The molecule has 8 heteroatoms. The normalized spacial score (nSPS) is 10.5. The second-order valence-corrected chi connectivity index (χ2v) is 7.12. The highest BCUT2D eigenvalue weighted by atomic mass is 79.9. The second kappa shape index (κ2) is 9.00. The third-order valence-electron chi connectivity index (χ3n) is 4.28. The summed E-state index contributed by atoms with van der Waals surface area (Å²) in [6, 6.07) is 7.24. The van der Waals surface area contributed by atoms with Gasteiger partial charge in [0.2, 0.25) is 5.88 Å². The predicted octanol–water partition coefficient (Wildman–Crippen LogP) is 4.73. The molecule has 0 saturated carbocycles. The van der Waals surface area contributed by atoms with Gasteiger partial charge in [-0.2, -0.15) is 0 Å². The molecule has 0 aliphatic rings. The van der Waals surface area contributed by atoms with Gasteiger partial charge in [0.15, 0.2) is 0 Å². The summed E-state index contributed by atoms with van der Waals surface area (Å²) in [6.07, 6.45) is 3.22. The van der Waals surface area contributed by atoms with E-state index in [1.807, 2.05) is 13.8 Å². The maximum atomic E-state index is 13.3. The lowest BCUT2D eigenvalue weighted by molar-refractivity contribution is 0.0947. The molecule has 6 nitrogen and oxygen atoms in total. The van der Waals surface area contributed by atoms with E-state index in [9.17, 15) is 9.18 Å². The predicted molar refractivity (Wildman–Crippen MR) is 110 cm³/mol. The number of ether oxygens (including phenoxy) is 2. The van der Waals surface area contributed by atoms with Gasteiger partial charge in [-0.15, -0.1) is 0 Å². The van der Waals surface area contributed by atoms with Crippen molar-refractivity contribution in [1.29, 1.82) is 0 Å². The molecule has 0 spiro atoms. The van der Waals surface area contributed by atoms with Crippen LogP contribution in [-0.4, -0.2) is 23.0 Å². The van der Waals surface area contributed by atoms with Crippen LogP contribution in [0.3, 0.4) is 0 Å². The van der Waals surface area contributed by atoms with Gasteiger partial charge in [0, 0.05) is 23.5 Å². The molecular formula is C21H19BrFN3O3. The Bertz CT molecular complexity index is 1060. The Morgan fingerprint density at radius 2 is 2.03 bits per heavy atom. The van der Waals surface area contributed by atoms with Crippen molar-refractivity contribution in [3.63, 3.8) is 0 Å². The highest BCUT2D eigenvalue weighted by molar-refractivity contribution is 9.10. The maximum absolute atomic E-state index is 13.3. The van der Waals surface area contributed by atoms with Gasteiger partial charge in [-0.1, -0.05) is 0 Å². The molecule has 0 aliphatic carbocycles. The van der Waals surface area contributed by atoms with Crippen LogP contribution in [-0.2, 0) is 6.54 Å². The number of nitrogens with one attached hydrogen (secondary N) is 1. The van der Waals surface area contributed by atoms with E-state index in [-0.39, 0.29) is 23.9 Å². The monoisotopic (exact) mass is 459 g/mol. The van der Waals surface area contributed by atoms with Crippen molar-refractivity contribution < 1.29 is 18.7 Å². The van der Waals surface area contributed by atoms with E-state index in [0.717, 1.165) is 16.9 Å². The van der Waals surface area contributed by atoms with Crippen LogP contribution < -0.4 is 14.8 Å². The number of pyridine rings is 2. The first-order valence-electron chi connectivity index (χ1n) is 8.76. The number of methoxy groups -OCH3 is 1. The van der Waals surface area contributed by atoms with Gasteiger partial charge in [0.05, 0.1) is 23.8 Å². The Morgan fingerprint density at radius 1 is 1.24 bits per heavy atom. The number of carbonyl (C=O) groups is 1. The van der Waals surface area contributed by atoms with Crippen molar-refractivity contribution in [3.8, 4) is 17.4 Å². The molecular weight excluding hydrogens is 441 g/mol. The van der Waals surface area contributed by atoms with Crippen LogP contribution in [0.4, 0.5) is 4.39 Å². The number of aryl methyl sites for hydroxylation is 1. The molecule has 1 aromatic carbocycles. The summed E-state index contributed by atoms with van der Waals surface area (Å²) in [7, 11) is 1.60. The van der Waals surface area contributed by atoms with Crippen LogP contribution >= 0.6 is 15.9 Å². The van der Waals surface area contributed by atoms with E-state index < -0.39 is 5.82 Å². The zero-order valence-corrected chi connectivity index (χ0v) is 17.7. The summed E-state index contributed by atoms with van der Waals surface area (Å²) >= 11 is 3.24. The van der Waals surface area contributed by atoms with E-state index >= 15 is 0 Å². The molecule has 2 heterocycles. The highest BCUT2D eigenvalue weighted by Crippen LogP contribution is 2.31. The summed E-state index contributed by atoms with van der Waals surface area (Å²) in [4.78, 5) is 21.3. The molecule has 0 saturated heterocycles. The van der Waals surface area contributed by atoms with Crippen molar-refractivity contribution in [1.82, 2.24) is 15.3 Å². The number of halogens is 2. The van der Waals surface area contributed by atoms with Crippen LogP contribution in [0.25, 0.3) is 0 Å². The van der Waals surface area contributed by atoms with E-state index in [1.54, 1.807) is 25.4 Å². The number of hydrogen-bond acceptors (Lipinski definition) is 5. The molecule has 3 rings (SSSR count). The molecule has 0 atom stereocenters. The fourth-order valence-electron chi connectivity index (χ4n) is 2.82. The van der Waals surface area contributed by atoms with Crippen molar-refractivity contribution in [2.24, 2.45) is 0 Å². The fraction of sp³-hybridized carbons (Fsp3) is 0.190. The Kier molecular flexibility index (Phi) is 6.43. The van der Waals surface area contributed by atoms with Crippen LogP contribution in [0.15, 0.2) is 47.2 Å². The minimum Gasteiger partial charge on any atom is -0.496 e. The van der Waals surface area contributed by atoms with Crippen molar-refractivity contribution >= 4 is 21.8 Å². The van der Waals surface area contributed by atoms with E-state index in [2.05, 4.69) is 31.2 Å². The molecule has 2 aromatic heterocycles. The van der Waals surface area contributed by atoms with Gasteiger partial charge in [-0.3, -0.25) is 9.78 Å². The fourth-order valence-corrected chi connectivity index (χ4v) is 3.25. The number of rotatable bonds is 6. The lowest BCUT2D eigenvalue weighted by Crippen LogP contribution is -2.24. The molecule has 1 N–H and O–H groups in total. The summed E-state index contributed by atoms with van der Waals surface area (Å²) in [6.45, 7) is 4.02. The standard InChI is InChI=1S/C21H19BrFN3O3/c1-12-10-25-17(13(2)19(12)28-3)11-26-20(27)15-5-4-8-24-21(15)29-18-7-6-14(23)9-16(18)22/h4-10H,11H2,1-3H3,(H,26,27). The summed E-state index contributed by atoms with van der Waals surface area (Å²) in [5.74, 6) is 0.436. The first kappa shape index (κ1) is 20.7. The molecule has 1 amide bonds. The Balaban J connectivity index is 1.79. The van der Waals surface area contributed by atoms with Crippen LogP contribution in [0.5, 0.6) is 17.4 Å². The van der Waals surface area contributed by atoms with Crippen LogP contribution in [0.2, 0.25) is 0 Å². The van der Waals surface area contributed by atoms with Crippen molar-refractivity contribution in [2.75, 3.05) is 7.11 Å². The quantitative estimate of drug-likeness (QED) is 0.576.